The van der Waals surface area contributed by atoms with Crippen molar-refractivity contribution in [3.8, 4) is 0 Å². The first kappa shape index (κ1) is 9.46. The Morgan fingerprint density at radius 1 is 1.43 bits per heavy atom. The zero-order valence-corrected chi connectivity index (χ0v) is 8.99. The van der Waals surface area contributed by atoms with Crippen LogP contribution in [0.2, 0.25) is 0 Å². The average Bonchev–Trinajstić information content (AvgIpc) is 2.42. The Hall–Kier alpha value is -1.09. The minimum absolute atomic E-state index is 0.181. The van der Waals surface area contributed by atoms with E-state index in [1.54, 1.807) is 0 Å². The zero-order valence-electron chi connectivity index (χ0n) is 8.99. The van der Waals surface area contributed by atoms with Gasteiger partial charge in [0.1, 0.15) is 0 Å². The van der Waals surface area contributed by atoms with Gasteiger partial charge >= 0.3 is 0 Å². The first-order chi connectivity index (χ1) is 6.61. The standard InChI is InChI=1S/C11H17N3/c1-9-13-8-11(2,3)14(9)10-4-6-12-7-5-10/h4-7,9,13H,8H2,1-3H3. The van der Waals surface area contributed by atoms with Crippen LogP contribution in [0.25, 0.3) is 0 Å². The lowest BCUT2D eigenvalue weighted by molar-refractivity contribution is 0.533. The van der Waals surface area contributed by atoms with Crippen LogP contribution in [-0.4, -0.2) is 23.2 Å². The summed E-state index contributed by atoms with van der Waals surface area (Å²) in [4.78, 5) is 6.44. The molecule has 1 aliphatic rings. The Labute approximate surface area is 85.1 Å². The number of pyridine rings is 1. The van der Waals surface area contributed by atoms with Gasteiger partial charge in [-0.15, -0.1) is 0 Å². The molecule has 1 N–H and O–H groups in total. The highest BCUT2D eigenvalue weighted by Gasteiger charge is 2.36. The van der Waals surface area contributed by atoms with Crippen LogP contribution >= 0.6 is 0 Å². The summed E-state index contributed by atoms with van der Waals surface area (Å²) in [7, 11) is 0. The van der Waals surface area contributed by atoms with Crippen LogP contribution in [-0.2, 0) is 0 Å². The Morgan fingerprint density at radius 2 is 2.07 bits per heavy atom. The maximum absolute atomic E-state index is 4.04. The quantitative estimate of drug-likeness (QED) is 0.731. The van der Waals surface area contributed by atoms with E-state index in [9.17, 15) is 0 Å². The smallest absolute Gasteiger partial charge is 0.0774 e. The predicted octanol–water partition coefficient (Wildman–Crippen LogP) is 1.62. The maximum atomic E-state index is 4.04. The van der Waals surface area contributed by atoms with Gasteiger partial charge in [0.25, 0.3) is 0 Å². The van der Waals surface area contributed by atoms with E-state index >= 15 is 0 Å². The van der Waals surface area contributed by atoms with Crippen LogP contribution in [0.1, 0.15) is 20.8 Å². The number of anilines is 1. The number of hydrogen-bond donors (Lipinski definition) is 1. The van der Waals surface area contributed by atoms with Gasteiger partial charge in [-0.25, -0.2) is 0 Å². The number of hydrogen-bond acceptors (Lipinski definition) is 3. The number of nitrogens with one attached hydrogen (secondary N) is 1. The number of aromatic nitrogens is 1. The fourth-order valence-electron chi connectivity index (χ4n) is 2.18. The highest BCUT2D eigenvalue weighted by Crippen LogP contribution is 2.28. The van der Waals surface area contributed by atoms with Crippen LogP contribution in [0.4, 0.5) is 5.69 Å². The summed E-state index contributed by atoms with van der Waals surface area (Å²) in [5.74, 6) is 0. The third-order valence-corrected chi connectivity index (χ3v) is 2.81. The van der Waals surface area contributed by atoms with E-state index in [0.717, 1.165) is 6.54 Å². The molecule has 76 valence electrons. The molecular weight excluding hydrogens is 174 g/mol. The molecule has 2 heterocycles. The lowest BCUT2D eigenvalue weighted by atomic mass is 10.0. The molecule has 0 bridgehead atoms. The lowest BCUT2D eigenvalue weighted by Crippen LogP contribution is -2.43. The van der Waals surface area contributed by atoms with E-state index < -0.39 is 0 Å². The van der Waals surface area contributed by atoms with Crippen LogP contribution in [0, 0.1) is 0 Å². The van der Waals surface area contributed by atoms with Crippen LogP contribution < -0.4 is 10.2 Å². The van der Waals surface area contributed by atoms with Crippen molar-refractivity contribution in [2.75, 3.05) is 11.4 Å². The van der Waals surface area contributed by atoms with Gasteiger partial charge in [0.05, 0.1) is 6.17 Å². The Morgan fingerprint density at radius 3 is 2.57 bits per heavy atom. The molecule has 1 atom stereocenters. The normalized spacial score (nSPS) is 25.4. The minimum Gasteiger partial charge on any atom is -0.350 e. The number of nitrogens with zero attached hydrogens (tertiary/aromatic N) is 2. The van der Waals surface area contributed by atoms with E-state index in [0.29, 0.717) is 6.17 Å². The molecule has 3 nitrogen and oxygen atoms in total. The van der Waals surface area contributed by atoms with Crippen LogP contribution in [0.15, 0.2) is 24.5 Å². The van der Waals surface area contributed by atoms with Gasteiger partial charge in [0, 0.05) is 30.2 Å². The Kier molecular flexibility index (Phi) is 2.19. The highest BCUT2D eigenvalue weighted by molar-refractivity contribution is 5.49. The molecule has 0 aliphatic carbocycles. The Balaban J connectivity index is 2.33. The summed E-state index contributed by atoms with van der Waals surface area (Å²) in [6, 6.07) is 4.12. The summed E-state index contributed by atoms with van der Waals surface area (Å²) < 4.78 is 0. The van der Waals surface area contributed by atoms with E-state index in [1.165, 1.54) is 5.69 Å². The summed E-state index contributed by atoms with van der Waals surface area (Å²) in [6.45, 7) is 7.72. The molecular formula is C11H17N3. The van der Waals surface area contributed by atoms with Crippen molar-refractivity contribution in [1.82, 2.24) is 10.3 Å². The van der Waals surface area contributed by atoms with Gasteiger partial charge in [-0.3, -0.25) is 10.3 Å². The first-order valence-electron chi connectivity index (χ1n) is 5.04. The zero-order chi connectivity index (χ0) is 10.2. The fraction of sp³-hybridized carbons (Fsp3) is 0.545. The highest BCUT2D eigenvalue weighted by atomic mass is 15.4. The third kappa shape index (κ3) is 1.48. The summed E-state index contributed by atoms with van der Waals surface area (Å²) in [6.07, 6.45) is 4.08. The van der Waals surface area contributed by atoms with Crippen molar-refractivity contribution < 1.29 is 0 Å². The molecule has 14 heavy (non-hydrogen) atoms. The van der Waals surface area contributed by atoms with Crippen molar-refractivity contribution in [1.29, 1.82) is 0 Å². The molecule has 0 amide bonds. The van der Waals surface area contributed by atoms with Gasteiger partial charge in [-0.1, -0.05) is 0 Å². The fourth-order valence-corrected chi connectivity index (χ4v) is 2.18. The monoisotopic (exact) mass is 191 g/mol. The SMILES string of the molecule is CC1NCC(C)(C)N1c1ccncc1. The molecule has 0 radical (unpaired) electrons. The van der Waals surface area contributed by atoms with E-state index in [-0.39, 0.29) is 5.54 Å². The molecule has 1 unspecified atom stereocenters. The average molecular weight is 191 g/mol. The van der Waals surface area contributed by atoms with Gasteiger partial charge in [-0.2, -0.15) is 0 Å². The maximum Gasteiger partial charge on any atom is 0.0774 e. The van der Waals surface area contributed by atoms with Gasteiger partial charge in [0.2, 0.25) is 0 Å². The third-order valence-electron chi connectivity index (χ3n) is 2.81. The molecule has 1 aromatic rings. The van der Waals surface area contributed by atoms with Crippen molar-refractivity contribution in [2.24, 2.45) is 0 Å². The van der Waals surface area contributed by atoms with Gasteiger partial charge in [-0.05, 0) is 32.9 Å². The second-order valence-electron chi connectivity index (χ2n) is 4.44. The van der Waals surface area contributed by atoms with Gasteiger partial charge < -0.3 is 4.90 Å². The summed E-state index contributed by atoms with van der Waals surface area (Å²) in [5, 5.41) is 3.46. The first-order valence-corrected chi connectivity index (χ1v) is 5.04. The molecule has 1 aliphatic heterocycles. The second kappa shape index (κ2) is 3.24. The molecule has 1 saturated heterocycles. The van der Waals surface area contributed by atoms with E-state index in [2.05, 4.69) is 48.1 Å². The minimum atomic E-state index is 0.181. The number of rotatable bonds is 1. The largest absolute Gasteiger partial charge is 0.350 e. The molecule has 1 fully saturated rings. The van der Waals surface area contributed by atoms with Crippen LogP contribution in [0.3, 0.4) is 0 Å². The van der Waals surface area contributed by atoms with Gasteiger partial charge in [0.15, 0.2) is 0 Å². The second-order valence-corrected chi connectivity index (χ2v) is 4.44. The molecule has 2 rings (SSSR count). The topological polar surface area (TPSA) is 28.2 Å². The van der Waals surface area contributed by atoms with Crippen molar-refractivity contribution in [2.45, 2.75) is 32.5 Å². The van der Waals surface area contributed by atoms with Crippen molar-refractivity contribution >= 4 is 5.69 Å². The van der Waals surface area contributed by atoms with Crippen LogP contribution in [0.5, 0.6) is 0 Å². The molecule has 1 aromatic heterocycles. The molecule has 0 spiro atoms. The van der Waals surface area contributed by atoms with E-state index in [4.69, 9.17) is 0 Å². The molecule has 0 saturated carbocycles. The lowest BCUT2D eigenvalue weighted by Gasteiger charge is -2.35. The summed E-state index contributed by atoms with van der Waals surface area (Å²) in [5.41, 5.74) is 1.42. The van der Waals surface area contributed by atoms with Crippen molar-refractivity contribution in [3.05, 3.63) is 24.5 Å². The summed E-state index contributed by atoms with van der Waals surface area (Å²) >= 11 is 0. The van der Waals surface area contributed by atoms with Crippen molar-refractivity contribution in [3.63, 3.8) is 0 Å². The van der Waals surface area contributed by atoms with E-state index in [1.807, 2.05) is 12.4 Å². The predicted molar refractivity (Wildman–Crippen MR) is 58.3 cm³/mol. The molecule has 3 heteroatoms. The molecule has 0 aromatic carbocycles. The Bertz CT molecular complexity index is 308.